The van der Waals surface area contributed by atoms with Crippen LogP contribution >= 0.6 is 11.3 Å². The van der Waals surface area contributed by atoms with Crippen molar-refractivity contribution in [2.45, 2.75) is 12.3 Å². The Balaban J connectivity index is 1.74. The molecule has 0 saturated heterocycles. The van der Waals surface area contributed by atoms with Gasteiger partial charge in [-0.3, -0.25) is 19.3 Å². The van der Waals surface area contributed by atoms with Gasteiger partial charge in [0.2, 0.25) is 5.91 Å². The summed E-state index contributed by atoms with van der Waals surface area (Å²) in [7, 11) is 1.73. The van der Waals surface area contributed by atoms with Crippen molar-refractivity contribution in [2.24, 2.45) is 7.05 Å². The second-order valence-corrected chi connectivity index (χ2v) is 6.58. The lowest BCUT2D eigenvalue weighted by atomic mass is 9.92. The number of carbonyl (C=O) groups is 2. The molecule has 4 heterocycles. The summed E-state index contributed by atoms with van der Waals surface area (Å²) < 4.78 is 1.57. The smallest absolute Gasteiger partial charge is 0.277 e. The van der Waals surface area contributed by atoms with E-state index in [0.717, 1.165) is 10.4 Å². The molecule has 3 aromatic rings. The Hall–Kier alpha value is -3.07. The third-order valence-corrected chi connectivity index (χ3v) is 4.98. The van der Waals surface area contributed by atoms with Crippen molar-refractivity contribution in [1.82, 2.24) is 19.7 Å². The Morgan fingerprint density at radius 1 is 1.44 bits per heavy atom. The van der Waals surface area contributed by atoms with Gasteiger partial charge in [0, 0.05) is 42.2 Å². The van der Waals surface area contributed by atoms with Crippen LogP contribution in [0.25, 0.3) is 0 Å². The Morgan fingerprint density at radius 2 is 2.32 bits per heavy atom. The Labute approximate surface area is 146 Å². The Morgan fingerprint density at radius 3 is 3.04 bits per heavy atom. The molecular formula is C16H14N6O2S. The number of hydrogen-bond acceptors (Lipinski definition) is 6. The monoisotopic (exact) mass is 354 g/mol. The van der Waals surface area contributed by atoms with Gasteiger partial charge in [-0.1, -0.05) is 6.07 Å². The van der Waals surface area contributed by atoms with Crippen LogP contribution in [-0.4, -0.2) is 31.6 Å². The summed E-state index contributed by atoms with van der Waals surface area (Å²) in [6.07, 6.45) is 4.66. The predicted molar refractivity (Wildman–Crippen MR) is 92.6 cm³/mol. The van der Waals surface area contributed by atoms with Crippen molar-refractivity contribution >= 4 is 34.8 Å². The second kappa shape index (κ2) is 6.10. The number of anilines is 2. The van der Waals surface area contributed by atoms with Crippen molar-refractivity contribution in [3.05, 3.63) is 52.2 Å². The number of nitrogens with one attached hydrogen (secondary N) is 2. The van der Waals surface area contributed by atoms with Gasteiger partial charge in [-0.2, -0.15) is 5.10 Å². The van der Waals surface area contributed by atoms with E-state index >= 15 is 0 Å². The number of nitrogens with zero attached hydrogens (tertiary/aromatic N) is 4. The Kier molecular flexibility index (Phi) is 3.77. The van der Waals surface area contributed by atoms with Crippen LogP contribution in [0.2, 0.25) is 0 Å². The molecule has 0 radical (unpaired) electrons. The average Bonchev–Trinajstić information content (AvgIpc) is 3.24. The minimum absolute atomic E-state index is 0.0688. The second-order valence-electron chi connectivity index (χ2n) is 5.60. The average molecular weight is 354 g/mol. The minimum Gasteiger partial charge on any atom is -0.311 e. The van der Waals surface area contributed by atoms with Crippen LogP contribution in [0.1, 0.15) is 33.3 Å². The SMILES string of the molecule is Cn1nc(NC(=O)c2cnccn2)c2c1NC(=O)CC2c1cccs1. The molecule has 0 spiro atoms. The lowest BCUT2D eigenvalue weighted by Crippen LogP contribution is -2.25. The summed E-state index contributed by atoms with van der Waals surface area (Å²) in [5, 5.41) is 12.0. The van der Waals surface area contributed by atoms with Gasteiger partial charge < -0.3 is 10.6 Å². The number of thiophene rings is 1. The summed E-state index contributed by atoms with van der Waals surface area (Å²) in [6, 6.07) is 3.93. The maximum absolute atomic E-state index is 12.4. The molecule has 1 aliphatic heterocycles. The normalized spacial score (nSPS) is 16.2. The number of fused-ring (bicyclic) bond motifs is 1. The zero-order chi connectivity index (χ0) is 17.4. The molecule has 0 aromatic carbocycles. The molecule has 9 heteroatoms. The van der Waals surface area contributed by atoms with Gasteiger partial charge >= 0.3 is 0 Å². The van der Waals surface area contributed by atoms with Gasteiger partial charge in [-0.15, -0.1) is 11.3 Å². The van der Waals surface area contributed by atoms with E-state index in [0.29, 0.717) is 18.1 Å². The minimum atomic E-state index is -0.393. The van der Waals surface area contributed by atoms with E-state index in [9.17, 15) is 9.59 Å². The van der Waals surface area contributed by atoms with E-state index in [1.165, 1.54) is 18.6 Å². The van der Waals surface area contributed by atoms with Crippen molar-refractivity contribution in [1.29, 1.82) is 0 Å². The molecule has 25 heavy (non-hydrogen) atoms. The van der Waals surface area contributed by atoms with E-state index in [1.54, 1.807) is 23.1 Å². The highest BCUT2D eigenvalue weighted by atomic mass is 32.1. The summed E-state index contributed by atoms with van der Waals surface area (Å²) in [5.74, 6) is 0.418. The van der Waals surface area contributed by atoms with Crippen molar-refractivity contribution in [3.63, 3.8) is 0 Å². The van der Waals surface area contributed by atoms with E-state index in [2.05, 4.69) is 25.7 Å². The standard InChI is InChI=1S/C16H14N6O2S/c1-22-15-13(9(7-12(23)19-15)11-3-2-6-25-11)14(21-22)20-16(24)10-8-17-4-5-18-10/h2-6,8-9H,7H2,1H3,(H,19,23)(H,20,21,24). The third-order valence-electron chi connectivity index (χ3n) is 3.99. The number of aromatic nitrogens is 4. The van der Waals surface area contributed by atoms with Gasteiger partial charge in [0.15, 0.2) is 5.82 Å². The summed E-state index contributed by atoms with van der Waals surface area (Å²) >= 11 is 1.58. The summed E-state index contributed by atoms with van der Waals surface area (Å²) in [5.41, 5.74) is 1.01. The maximum atomic E-state index is 12.4. The van der Waals surface area contributed by atoms with Crippen LogP contribution < -0.4 is 10.6 Å². The molecule has 1 aliphatic rings. The fraction of sp³-hybridized carbons (Fsp3) is 0.188. The van der Waals surface area contributed by atoms with Crippen molar-refractivity contribution in [3.8, 4) is 0 Å². The number of rotatable bonds is 3. The predicted octanol–water partition coefficient (Wildman–Crippen LogP) is 2.00. The zero-order valence-electron chi connectivity index (χ0n) is 13.3. The maximum Gasteiger partial charge on any atom is 0.277 e. The molecule has 126 valence electrons. The lowest BCUT2D eigenvalue weighted by Gasteiger charge is -2.22. The molecule has 0 fully saturated rings. The first-order valence-corrected chi connectivity index (χ1v) is 8.49. The molecule has 4 rings (SSSR count). The molecule has 8 nitrogen and oxygen atoms in total. The van der Waals surface area contributed by atoms with Crippen molar-refractivity contribution in [2.75, 3.05) is 10.6 Å². The summed E-state index contributed by atoms with van der Waals surface area (Å²) in [6.45, 7) is 0. The quantitative estimate of drug-likeness (QED) is 0.749. The molecule has 0 aliphatic carbocycles. The van der Waals surface area contributed by atoms with E-state index in [4.69, 9.17) is 0 Å². The van der Waals surface area contributed by atoms with Gasteiger partial charge in [0.1, 0.15) is 11.5 Å². The van der Waals surface area contributed by atoms with Crippen LogP contribution in [0.15, 0.2) is 36.1 Å². The van der Waals surface area contributed by atoms with Gasteiger partial charge in [0.25, 0.3) is 5.91 Å². The van der Waals surface area contributed by atoms with Gasteiger partial charge in [-0.05, 0) is 11.4 Å². The molecular weight excluding hydrogens is 340 g/mol. The topological polar surface area (TPSA) is 102 Å². The van der Waals surface area contributed by atoms with E-state index in [1.807, 2.05) is 17.5 Å². The molecule has 2 amide bonds. The molecule has 0 bridgehead atoms. The summed E-state index contributed by atoms with van der Waals surface area (Å²) in [4.78, 5) is 33.5. The first-order chi connectivity index (χ1) is 12.1. The van der Waals surface area contributed by atoms with Crippen LogP contribution in [-0.2, 0) is 11.8 Å². The van der Waals surface area contributed by atoms with Gasteiger partial charge in [0.05, 0.1) is 6.20 Å². The fourth-order valence-corrected chi connectivity index (χ4v) is 3.74. The molecule has 3 aromatic heterocycles. The lowest BCUT2D eigenvalue weighted by molar-refractivity contribution is -0.116. The molecule has 0 saturated carbocycles. The largest absolute Gasteiger partial charge is 0.311 e. The first kappa shape index (κ1) is 15.5. The van der Waals surface area contributed by atoms with Crippen molar-refractivity contribution < 1.29 is 9.59 Å². The number of hydrogen-bond donors (Lipinski definition) is 2. The van der Waals surface area contributed by atoms with Crippen LogP contribution in [0.5, 0.6) is 0 Å². The number of amides is 2. The van der Waals surface area contributed by atoms with Gasteiger partial charge in [-0.25, -0.2) is 4.98 Å². The highest BCUT2D eigenvalue weighted by Crippen LogP contribution is 2.42. The Bertz CT molecular complexity index is 935. The van der Waals surface area contributed by atoms with Crippen LogP contribution in [0, 0.1) is 0 Å². The highest BCUT2D eigenvalue weighted by molar-refractivity contribution is 7.10. The first-order valence-electron chi connectivity index (χ1n) is 7.61. The number of carbonyl (C=O) groups excluding carboxylic acids is 2. The molecule has 1 atom stereocenters. The van der Waals surface area contributed by atoms with E-state index in [-0.39, 0.29) is 17.5 Å². The highest BCUT2D eigenvalue weighted by Gasteiger charge is 2.34. The molecule has 2 N–H and O–H groups in total. The number of aryl methyl sites for hydroxylation is 1. The van der Waals surface area contributed by atoms with Crippen LogP contribution in [0.4, 0.5) is 11.6 Å². The van der Waals surface area contributed by atoms with E-state index < -0.39 is 5.91 Å². The molecule has 1 unspecified atom stereocenters. The zero-order valence-corrected chi connectivity index (χ0v) is 14.1. The van der Waals surface area contributed by atoms with Crippen LogP contribution in [0.3, 0.4) is 0 Å². The fourth-order valence-electron chi connectivity index (χ4n) is 2.90. The third kappa shape index (κ3) is 2.78.